The molecule has 148 valence electrons. The lowest BCUT2D eigenvalue weighted by molar-refractivity contribution is -0.136. The molecule has 0 fully saturated rings. The van der Waals surface area contributed by atoms with E-state index < -0.39 is 0 Å². The molecule has 0 saturated heterocycles. The summed E-state index contributed by atoms with van der Waals surface area (Å²) < 4.78 is 5.24. The van der Waals surface area contributed by atoms with E-state index in [0.29, 0.717) is 5.57 Å². The average molecular weight is 362 g/mol. The third-order valence-electron chi connectivity index (χ3n) is 4.31. The number of rotatable bonds is 1. The number of methoxy groups -OCH3 is 1. The van der Waals surface area contributed by atoms with Gasteiger partial charge in [0.15, 0.2) is 0 Å². The predicted octanol–water partition coefficient (Wildman–Crippen LogP) is 6.14. The molecule has 1 aliphatic rings. The standard InChI is InChI=1S/C23H39NO2/c1-20(2,3)15-14(19(25)26-13)16(21(4,5)6)18(24-23(10,11)12)17(15)22(7,8)9/h1-13H3. The van der Waals surface area contributed by atoms with Gasteiger partial charge in [-0.2, -0.15) is 0 Å². The highest BCUT2D eigenvalue weighted by molar-refractivity contribution is 6.23. The summed E-state index contributed by atoms with van der Waals surface area (Å²) in [5, 5.41) is 0. The van der Waals surface area contributed by atoms with Crippen molar-refractivity contribution < 1.29 is 9.53 Å². The Kier molecular flexibility index (Phi) is 5.80. The summed E-state index contributed by atoms with van der Waals surface area (Å²) in [7, 11) is 1.46. The minimum absolute atomic E-state index is 0.140. The van der Waals surface area contributed by atoms with Gasteiger partial charge in [-0.25, -0.2) is 4.79 Å². The zero-order valence-electron chi connectivity index (χ0n) is 19.3. The summed E-state index contributed by atoms with van der Waals surface area (Å²) in [6.07, 6.45) is 0. The van der Waals surface area contributed by atoms with Crippen molar-refractivity contribution in [2.24, 2.45) is 21.2 Å². The quantitative estimate of drug-likeness (QED) is 0.526. The van der Waals surface area contributed by atoms with Crippen LogP contribution in [-0.2, 0) is 9.53 Å². The van der Waals surface area contributed by atoms with Gasteiger partial charge in [0.05, 0.1) is 23.9 Å². The van der Waals surface area contributed by atoms with Crippen LogP contribution in [0.25, 0.3) is 0 Å². The fourth-order valence-electron chi connectivity index (χ4n) is 3.58. The molecule has 0 N–H and O–H groups in total. The van der Waals surface area contributed by atoms with Gasteiger partial charge in [-0.1, -0.05) is 62.3 Å². The van der Waals surface area contributed by atoms with Crippen LogP contribution in [0.1, 0.15) is 83.1 Å². The molecule has 0 aromatic rings. The topological polar surface area (TPSA) is 38.7 Å². The molecule has 3 heteroatoms. The normalized spacial score (nSPS) is 18.9. The van der Waals surface area contributed by atoms with Gasteiger partial charge < -0.3 is 4.74 Å². The van der Waals surface area contributed by atoms with Crippen LogP contribution in [0.15, 0.2) is 27.3 Å². The summed E-state index contributed by atoms with van der Waals surface area (Å²) in [6.45, 7) is 25.9. The molecule has 1 rings (SSSR count). The van der Waals surface area contributed by atoms with Gasteiger partial charge in [-0.15, -0.1) is 0 Å². The molecule has 0 spiro atoms. The molecule has 0 amide bonds. The Morgan fingerprint density at radius 3 is 1.35 bits per heavy atom. The van der Waals surface area contributed by atoms with Gasteiger partial charge in [0.25, 0.3) is 0 Å². The number of allylic oxidation sites excluding steroid dienone is 2. The molecule has 0 heterocycles. The molecule has 1 aliphatic carbocycles. The van der Waals surface area contributed by atoms with Crippen molar-refractivity contribution >= 4 is 11.7 Å². The fraction of sp³-hybridized carbons (Fsp3) is 0.739. The van der Waals surface area contributed by atoms with E-state index in [2.05, 4.69) is 83.1 Å². The Morgan fingerprint density at radius 2 is 1.08 bits per heavy atom. The summed E-state index contributed by atoms with van der Waals surface area (Å²) in [4.78, 5) is 18.1. The van der Waals surface area contributed by atoms with Gasteiger partial charge in [0, 0.05) is 0 Å². The second-order valence-electron chi connectivity index (χ2n) is 11.4. The number of hydrogen-bond donors (Lipinski definition) is 0. The number of carbonyl (C=O) groups is 1. The van der Waals surface area contributed by atoms with Gasteiger partial charge in [0.2, 0.25) is 0 Å². The zero-order chi connectivity index (χ0) is 20.9. The summed E-state index contributed by atoms with van der Waals surface area (Å²) in [5.41, 5.74) is 4.14. The molecular weight excluding hydrogens is 322 g/mol. The number of aliphatic imine (C=N–C) groups is 1. The first-order valence-electron chi connectivity index (χ1n) is 9.51. The van der Waals surface area contributed by atoms with Crippen LogP contribution in [0.5, 0.6) is 0 Å². The van der Waals surface area contributed by atoms with Gasteiger partial charge in [-0.05, 0) is 53.7 Å². The molecule has 0 bridgehead atoms. The Labute approximate surface area is 161 Å². The molecular formula is C23H39NO2. The van der Waals surface area contributed by atoms with Crippen LogP contribution in [0, 0.1) is 16.2 Å². The van der Waals surface area contributed by atoms with Crippen LogP contribution in [0.3, 0.4) is 0 Å². The zero-order valence-corrected chi connectivity index (χ0v) is 19.3. The highest BCUT2D eigenvalue weighted by Crippen LogP contribution is 2.52. The third-order valence-corrected chi connectivity index (χ3v) is 4.31. The Balaban J connectivity index is 4.18. The maximum atomic E-state index is 12.9. The highest BCUT2D eigenvalue weighted by Gasteiger charge is 2.46. The second kappa shape index (κ2) is 6.65. The van der Waals surface area contributed by atoms with E-state index in [1.54, 1.807) is 0 Å². The Morgan fingerprint density at radius 1 is 0.692 bits per heavy atom. The number of esters is 1. The van der Waals surface area contributed by atoms with E-state index in [0.717, 1.165) is 16.9 Å². The van der Waals surface area contributed by atoms with Crippen LogP contribution < -0.4 is 0 Å². The Hall–Kier alpha value is -1.38. The maximum Gasteiger partial charge on any atom is 0.338 e. The first kappa shape index (κ1) is 22.7. The van der Waals surface area contributed by atoms with Crippen molar-refractivity contribution in [3.05, 3.63) is 22.3 Å². The average Bonchev–Trinajstić information content (AvgIpc) is 2.69. The van der Waals surface area contributed by atoms with Crippen molar-refractivity contribution in [2.75, 3.05) is 7.11 Å². The van der Waals surface area contributed by atoms with Crippen LogP contribution in [0.2, 0.25) is 0 Å². The van der Waals surface area contributed by atoms with E-state index in [-0.39, 0.29) is 27.8 Å². The number of nitrogens with zero attached hydrogens (tertiary/aromatic N) is 1. The van der Waals surface area contributed by atoms with E-state index in [1.165, 1.54) is 12.7 Å². The summed E-state index contributed by atoms with van der Waals surface area (Å²) in [5.74, 6) is -0.263. The van der Waals surface area contributed by atoms with Crippen LogP contribution in [-0.4, -0.2) is 24.3 Å². The minimum atomic E-state index is -0.263. The van der Waals surface area contributed by atoms with Gasteiger partial charge in [-0.3, -0.25) is 4.99 Å². The third kappa shape index (κ3) is 4.66. The number of ether oxygens (including phenoxy) is 1. The smallest absolute Gasteiger partial charge is 0.338 e. The van der Waals surface area contributed by atoms with Crippen LogP contribution in [0.4, 0.5) is 0 Å². The number of hydrogen-bond acceptors (Lipinski definition) is 3. The van der Waals surface area contributed by atoms with Crippen LogP contribution >= 0.6 is 0 Å². The maximum absolute atomic E-state index is 12.9. The molecule has 0 aromatic heterocycles. The van der Waals surface area contributed by atoms with Crippen molar-refractivity contribution in [2.45, 2.75) is 88.6 Å². The molecule has 26 heavy (non-hydrogen) atoms. The lowest BCUT2D eigenvalue weighted by atomic mass is 9.74. The summed E-state index contributed by atoms with van der Waals surface area (Å²) in [6, 6.07) is 0. The summed E-state index contributed by atoms with van der Waals surface area (Å²) >= 11 is 0. The van der Waals surface area contributed by atoms with Crippen molar-refractivity contribution in [3.63, 3.8) is 0 Å². The molecule has 0 atom stereocenters. The lowest BCUT2D eigenvalue weighted by Gasteiger charge is -2.31. The molecule has 0 saturated carbocycles. The van der Waals surface area contributed by atoms with Crippen molar-refractivity contribution in [3.8, 4) is 0 Å². The van der Waals surface area contributed by atoms with E-state index in [1.807, 2.05) is 0 Å². The van der Waals surface area contributed by atoms with Crippen molar-refractivity contribution in [1.29, 1.82) is 0 Å². The molecule has 0 aliphatic heterocycles. The largest absolute Gasteiger partial charge is 0.465 e. The first-order valence-corrected chi connectivity index (χ1v) is 9.51. The Bertz CT molecular complexity index is 676. The highest BCUT2D eigenvalue weighted by atomic mass is 16.5. The van der Waals surface area contributed by atoms with E-state index in [9.17, 15) is 4.79 Å². The molecule has 0 radical (unpaired) electrons. The fourth-order valence-corrected chi connectivity index (χ4v) is 3.58. The van der Waals surface area contributed by atoms with Crippen molar-refractivity contribution in [1.82, 2.24) is 0 Å². The van der Waals surface area contributed by atoms with Gasteiger partial charge >= 0.3 is 5.97 Å². The molecule has 0 unspecified atom stereocenters. The second-order valence-corrected chi connectivity index (χ2v) is 11.4. The SMILES string of the molecule is COC(=O)C1=C(C(C)(C)C)C(=NC(C)(C)C)C(C(C)(C)C)=C1C(C)(C)C. The first-order chi connectivity index (χ1) is 11.3. The predicted molar refractivity (Wildman–Crippen MR) is 112 cm³/mol. The number of carbonyl (C=O) groups excluding carboxylic acids is 1. The molecule has 3 nitrogen and oxygen atoms in total. The van der Waals surface area contributed by atoms with E-state index >= 15 is 0 Å². The minimum Gasteiger partial charge on any atom is -0.465 e. The lowest BCUT2D eigenvalue weighted by Crippen LogP contribution is -2.27. The molecule has 0 aromatic carbocycles. The van der Waals surface area contributed by atoms with E-state index in [4.69, 9.17) is 9.73 Å². The van der Waals surface area contributed by atoms with Gasteiger partial charge in [0.1, 0.15) is 0 Å². The monoisotopic (exact) mass is 361 g/mol.